The van der Waals surface area contributed by atoms with Crippen LogP contribution in [0.4, 0.5) is 11.6 Å². The summed E-state index contributed by atoms with van der Waals surface area (Å²) in [6.07, 6.45) is 5.03. The minimum Gasteiger partial charge on any atom is -0.457 e. The first-order valence-electron chi connectivity index (χ1n) is 23.5. The summed E-state index contributed by atoms with van der Waals surface area (Å²) in [6, 6.07) is 48.3. The second-order valence-electron chi connectivity index (χ2n) is 16.3. The topological polar surface area (TPSA) is 267 Å². The van der Waals surface area contributed by atoms with Crippen LogP contribution in [-0.4, -0.2) is 63.2 Å². The van der Waals surface area contributed by atoms with Gasteiger partial charge in [-0.05, 0) is 115 Å². The number of nitrogens with one attached hydrogen (secondary N) is 1. The number of benzene rings is 6. The minimum atomic E-state index is -0.403. The number of ketones is 1. The molecule has 0 aliphatic carbocycles. The maximum Gasteiger partial charge on any atom is 0.339 e. The van der Waals surface area contributed by atoms with E-state index in [1.54, 1.807) is 110 Å². The van der Waals surface area contributed by atoms with Crippen LogP contribution in [0.3, 0.4) is 0 Å². The largest absolute Gasteiger partial charge is 0.457 e. The van der Waals surface area contributed by atoms with Gasteiger partial charge in [0.15, 0.2) is 28.7 Å². The number of aldehydes is 1. The van der Waals surface area contributed by atoms with Crippen molar-refractivity contribution in [2.24, 2.45) is 0 Å². The first kappa shape index (κ1) is 54.5. The number of rotatable bonds is 13. The molecule has 4 aromatic heterocycles. The summed E-state index contributed by atoms with van der Waals surface area (Å²) in [6.45, 7) is 9.05. The Morgan fingerprint density at radius 3 is 1.46 bits per heavy atom. The van der Waals surface area contributed by atoms with Gasteiger partial charge in [0.1, 0.15) is 59.4 Å². The van der Waals surface area contributed by atoms with E-state index in [1.807, 2.05) is 60.7 Å². The number of carbonyl (C=O) groups excluding carboxylic acids is 3. The van der Waals surface area contributed by atoms with Gasteiger partial charge < -0.3 is 31.1 Å². The Bertz CT molecular complexity index is 4020. The Morgan fingerprint density at radius 1 is 0.628 bits per heavy atom. The predicted molar refractivity (Wildman–Crippen MR) is 297 cm³/mol. The number of hydrogen-bond acceptors (Lipinski definition) is 14. The van der Waals surface area contributed by atoms with Gasteiger partial charge in [-0.3, -0.25) is 18.7 Å². The molecular formula is C58H49N13O7. The molecule has 0 aliphatic heterocycles. The van der Waals surface area contributed by atoms with Gasteiger partial charge in [0.25, 0.3) is 0 Å². The number of hydrogen-bond donors (Lipinski definition) is 3. The zero-order valence-corrected chi connectivity index (χ0v) is 41.2. The zero-order chi connectivity index (χ0) is 54.4. The number of amides is 1. The molecule has 1 amide bonds. The summed E-state index contributed by atoms with van der Waals surface area (Å²) in [4.78, 5) is 80.9. The van der Waals surface area contributed by atoms with Gasteiger partial charge in [0.2, 0.25) is 11.6 Å². The lowest BCUT2D eigenvalue weighted by Gasteiger charge is -2.08. The number of nitriles is 1. The highest BCUT2D eigenvalue weighted by molar-refractivity contribution is 6.01. The molecule has 4 heterocycles. The Kier molecular flexibility index (Phi) is 17.6. The molecule has 0 aliphatic rings. The third-order valence-corrected chi connectivity index (χ3v) is 11.4. The van der Waals surface area contributed by atoms with Crippen molar-refractivity contribution in [2.45, 2.75) is 27.2 Å². The summed E-state index contributed by atoms with van der Waals surface area (Å²) in [5, 5.41) is 10.2. The molecule has 0 bridgehead atoms. The van der Waals surface area contributed by atoms with E-state index in [0.29, 0.717) is 79.2 Å². The quantitative estimate of drug-likeness (QED) is 0.0552. The van der Waals surface area contributed by atoms with Gasteiger partial charge in [-0.1, -0.05) is 75.0 Å². The Balaban J connectivity index is 0.000000201. The van der Waals surface area contributed by atoms with Gasteiger partial charge in [-0.25, -0.2) is 43.5 Å². The maximum atomic E-state index is 13.8. The number of nitrogens with two attached hydrogens (primary N) is 2. The number of aromatic nitrogens is 8. The van der Waals surface area contributed by atoms with Crippen LogP contribution in [0.1, 0.15) is 43.1 Å². The van der Waals surface area contributed by atoms with Crippen LogP contribution in [0.5, 0.6) is 23.0 Å². The Morgan fingerprint density at radius 2 is 1.06 bits per heavy atom. The smallest absolute Gasteiger partial charge is 0.339 e. The standard InChI is InChI=1S/C29H22N6O3.C24H17N5O3.C4H6N2O.CH4/c1-3-25(36)24(31-2)17-19-8-7-9-21(16-19)35-28-26(27(30)32-18-33-28)34(29(35)37)20-12-14-23(15-13-20)38-22-10-5-4-6-11-22;25-22-21-23(27-15-26-22)29(18-6-4-5-16(13-18)14-30)24(31)28(21)17-9-11-20(12-10-17)32-19-7-2-1-3-8-19;1-6-4(7)2-3-5;/h4-18H,3H2,1H3,(H2,30,32,33);1-15H,(H2,25,26,27);2H2,1H3,(H,6,7);1H4/b24-17-;;;. The van der Waals surface area contributed by atoms with E-state index in [2.05, 4.69) is 30.1 Å². The molecule has 0 atom stereocenters. The van der Waals surface area contributed by atoms with Crippen molar-refractivity contribution in [3.05, 3.63) is 220 Å². The number of carbonyl (C=O) groups is 3. The average Bonchev–Trinajstić information content (AvgIpc) is 4.12. The fourth-order valence-corrected chi connectivity index (χ4v) is 7.78. The van der Waals surface area contributed by atoms with Crippen molar-refractivity contribution in [3.63, 3.8) is 0 Å². The lowest BCUT2D eigenvalue weighted by molar-refractivity contribution is -0.119. The molecule has 10 rings (SSSR count). The van der Waals surface area contributed by atoms with Crippen molar-refractivity contribution in [1.82, 2.24) is 43.5 Å². The molecule has 388 valence electrons. The minimum absolute atomic E-state index is 0. The van der Waals surface area contributed by atoms with Crippen LogP contribution in [0, 0.1) is 17.9 Å². The molecule has 0 fully saturated rings. The normalized spacial score (nSPS) is 10.6. The number of para-hydroxylation sites is 2. The van der Waals surface area contributed by atoms with E-state index in [-0.39, 0.29) is 55.0 Å². The molecule has 6 aromatic carbocycles. The molecule has 0 saturated heterocycles. The number of nitrogen functional groups attached to an aromatic ring is 2. The van der Waals surface area contributed by atoms with E-state index in [4.69, 9.17) is 32.8 Å². The fourth-order valence-electron chi connectivity index (χ4n) is 7.78. The number of nitrogens with zero attached hydrogens (tertiary/aromatic N) is 10. The van der Waals surface area contributed by atoms with Crippen LogP contribution in [0.25, 0.3) is 56.0 Å². The molecular weight excluding hydrogens is 991 g/mol. The van der Waals surface area contributed by atoms with Crippen molar-refractivity contribution in [2.75, 3.05) is 18.5 Å². The van der Waals surface area contributed by atoms with Crippen molar-refractivity contribution >= 4 is 58.0 Å². The second-order valence-corrected chi connectivity index (χ2v) is 16.3. The molecule has 20 heteroatoms. The summed E-state index contributed by atoms with van der Waals surface area (Å²) >= 11 is 0. The van der Waals surface area contributed by atoms with Crippen LogP contribution < -0.4 is 37.6 Å². The number of fused-ring (bicyclic) bond motifs is 2. The third kappa shape index (κ3) is 12.1. The van der Waals surface area contributed by atoms with Crippen molar-refractivity contribution < 1.29 is 23.9 Å². The summed E-state index contributed by atoms with van der Waals surface area (Å²) < 4.78 is 17.4. The number of anilines is 2. The predicted octanol–water partition coefficient (Wildman–Crippen LogP) is 9.23. The van der Waals surface area contributed by atoms with Crippen molar-refractivity contribution in [1.29, 1.82) is 5.26 Å². The number of Topliss-reactive ketones (excluding diaryl/α,β-unsaturated/α-hetero) is 1. The van der Waals surface area contributed by atoms with Gasteiger partial charge >= 0.3 is 11.4 Å². The number of imidazole rings is 2. The Labute approximate surface area is 446 Å². The van der Waals surface area contributed by atoms with E-state index in [1.165, 1.54) is 44.0 Å². The maximum absolute atomic E-state index is 13.8. The fraction of sp³-hybridized carbons (Fsp3) is 0.0862. The Hall–Kier alpha value is -11.3. The van der Waals surface area contributed by atoms with Crippen LogP contribution in [0.2, 0.25) is 0 Å². The van der Waals surface area contributed by atoms with E-state index < -0.39 is 5.69 Å². The van der Waals surface area contributed by atoms with Gasteiger partial charge in [0.05, 0.1) is 35.4 Å². The first-order valence-corrected chi connectivity index (χ1v) is 23.5. The first-order chi connectivity index (χ1) is 37.5. The number of allylic oxidation sites excluding steroid dienone is 1. The molecule has 0 radical (unpaired) electrons. The molecule has 5 N–H and O–H groups in total. The molecule has 10 aromatic rings. The molecule has 20 nitrogen and oxygen atoms in total. The van der Waals surface area contributed by atoms with Crippen LogP contribution >= 0.6 is 0 Å². The molecule has 0 spiro atoms. The highest BCUT2D eigenvalue weighted by Crippen LogP contribution is 2.29. The molecule has 0 saturated carbocycles. The average molecular weight is 1040 g/mol. The van der Waals surface area contributed by atoms with Crippen molar-refractivity contribution in [3.8, 4) is 51.8 Å². The van der Waals surface area contributed by atoms with E-state index >= 15 is 0 Å². The van der Waals surface area contributed by atoms with Crippen LogP contribution in [-0.2, 0) is 9.59 Å². The highest BCUT2D eigenvalue weighted by atomic mass is 16.5. The zero-order valence-electron chi connectivity index (χ0n) is 41.2. The summed E-state index contributed by atoms with van der Waals surface area (Å²) in [5.74, 6) is 2.47. The third-order valence-electron chi connectivity index (χ3n) is 11.4. The lowest BCUT2D eigenvalue weighted by atomic mass is 10.1. The number of ether oxygens (including phenoxy) is 2. The van der Waals surface area contributed by atoms with E-state index in [9.17, 15) is 24.0 Å². The SMILES string of the molecule is C.CNC(=O)CC#N.Nc1ncnc2c1n(-c1ccc(Oc3ccccc3)cc1)c(=O)n2-c1cccc(C=O)c1.[C-]#[N+]/C(=C\c1cccc(-n2c(=O)n(-c3ccc(Oc4ccccc4)cc3)c3c(N)ncnc32)c1)C(=O)CC. The highest BCUT2D eigenvalue weighted by Gasteiger charge is 2.22. The van der Waals surface area contributed by atoms with Gasteiger partial charge in [-0.2, -0.15) is 5.26 Å². The lowest BCUT2D eigenvalue weighted by Crippen LogP contribution is -2.22. The van der Waals surface area contributed by atoms with Gasteiger partial charge in [-0.15, -0.1) is 0 Å². The molecule has 0 unspecified atom stereocenters. The second kappa shape index (κ2) is 25.1. The van der Waals surface area contributed by atoms with E-state index in [0.717, 1.165) is 6.29 Å². The monoisotopic (exact) mass is 1040 g/mol. The molecule has 78 heavy (non-hydrogen) atoms. The van der Waals surface area contributed by atoms with Crippen LogP contribution in [0.15, 0.2) is 186 Å². The summed E-state index contributed by atoms with van der Waals surface area (Å²) in [7, 11) is 1.50. The summed E-state index contributed by atoms with van der Waals surface area (Å²) in [5.41, 5.74) is 16.2. The van der Waals surface area contributed by atoms with Gasteiger partial charge in [0, 0.05) is 12.6 Å².